The van der Waals surface area contributed by atoms with Crippen LogP contribution in [-0.4, -0.2) is 24.1 Å². The van der Waals surface area contributed by atoms with Crippen LogP contribution in [0.25, 0.3) is 0 Å². The molecule has 0 saturated heterocycles. The molecule has 0 spiro atoms. The van der Waals surface area contributed by atoms with E-state index in [-0.39, 0.29) is 11.8 Å². The van der Waals surface area contributed by atoms with Crippen molar-refractivity contribution in [3.63, 3.8) is 0 Å². The van der Waals surface area contributed by atoms with Gasteiger partial charge in [0.25, 0.3) is 0 Å². The summed E-state index contributed by atoms with van der Waals surface area (Å²) in [7, 11) is 0. The van der Waals surface area contributed by atoms with Crippen LogP contribution >= 0.6 is 0 Å². The molecule has 0 aliphatic carbocycles. The third kappa shape index (κ3) is 7.81. The molecule has 0 saturated carbocycles. The van der Waals surface area contributed by atoms with Crippen LogP contribution in [0.3, 0.4) is 0 Å². The number of hydrogen-bond acceptors (Lipinski definition) is 3. The Kier molecular flexibility index (Phi) is 8.88. The van der Waals surface area contributed by atoms with Crippen molar-refractivity contribution < 1.29 is 9.59 Å². The van der Waals surface area contributed by atoms with E-state index in [9.17, 15) is 9.59 Å². The predicted molar refractivity (Wildman–Crippen MR) is 73.2 cm³/mol. The van der Waals surface area contributed by atoms with E-state index in [0.717, 1.165) is 5.71 Å². The number of hydrazone groups is 1. The highest BCUT2D eigenvalue weighted by Gasteiger charge is 2.12. The molecular weight excluding hydrogens is 230 g/mol. The quantitative estimate of drug-likeness (QED) is 0.786. The van der Waals surface area contributed by atoms with Crippen LogP contribution in [-0.2, 0) is 9.59 Å². The van der Waals surface area contributed by atoms with Crippen molar-refractivity contribution in [3.8, 4) is 0 Å². The Morgan fingerprint density at radius 3 is 2.56 bits per heavy atom. The number of amides is 2. The van der Waals surface area contributed by atoms with Crippen LogP contribution in [0.1, 0.15) is 53.4 Å². The third-order valence-corrected chi connectivity index (χ3v) is 2.33. The summed E-state index contributed by atoms with van der Waals surface area (Å²) >= 11 is 0. The van der Waals surface area contributed by atoms with Crippen LogP contribution in [0, 0.1) is 5.92 Å². The molecule has 1 aliphatic rings. The molecule has 5 nitrogen and oxygen atoms in total. The van der Waals surface area contributed by atoms with Gasteiger partial charge in [-0.25, -0.2) is 5.43 Å². The summed E-state index contributed by atoms with van der Waals surface area (Å²) in [6, 6.07) is 0. The minimum absolute atomic E-state index is 0.0481. The van der Waals surface area contributed by atoms with Crippen LogP contribution in [0.15, 0.2) is 5.10 Å². The number of carbonyl (C=O) groups is 2. The second-order valence-corrected chi connectivity index (χ2v) is 4.41. The van der Waals surface area contributed by atoms with E-state index in [2.05, 4.69) is 29.7 Å². The first-order valence-corrected chi connectivity index (χ1v) is 6.69. The molecule has 2 N–H and O–H groups in total. The first kappa shape index (κ1) is 16.6. The van der Waals surface area contributed by atoms with Gasteiger partial charge >= 0.3 is 0 Å². The lowest BCUT2D eigenvalue weighted by Gasteiger charge is -2.12. The summed E-state index contributed by atoms with van der Waals surface area (Å²) in [6.07, 6.45) is 2.22. The van der Waals surface area contributed by atoms with Gasteiger partial charge in [-0.1, -0.05) is 27.7 Å². The van der Waals surface area contributed by atoms with Crippen molar-refractivity contribution in [3.05, 3.63) is 0 Å². The van der Waals surface area contributed by atoms with Crippen molar-refractivity contribution in [2.24, 2.45) is 11.0 Å². The van der Waals surface area contributed by atoms with Gasteiger partial charge in [0.1, 0.15) is 0 Å². The van der Waals surface area contributed by atoms with Gasteiger partial charge < -0.3 is 5.32 Å². The van der Waals surface area contributed by atoms with Gasteiger partial charge in [0.2, 0.25) is 11.8 Å². The summed E-state index contributed by atoms with van der Waals surface area (Å²) in [5.41, 5.74) is 3.33. The maximum atomic E-state index is 11.4. The fourth-order valence-corrected chi connectivity index (χ4v) is 1.36. The SMILES string of the molecule is CC.CC(C)CNC(=O)CCC1=NNC(=O)CC1. The molecule has 0 radical (unpaired) electrons. The average molecular weight is 255 g/mol. The molecule has 5 heteroatoms. The fourth-order valence-electron chi connectivity index (χ4n) is 1.36. The Morgan fingerprint density at radius 1 is 1.39 bits per heavy atom. The topological polar surface area (TPSA) is 70.6 Å². The Labute approximate surface area is 109 Å². The normalized spacial score (nSPS) is 14.3. The summed E-state index contributed by atoms with van der Waals surface area (Å²) < 4.78 is 0. The van der Waals surface area contributed by atoms with Crippen molar-refractivity contribution in [1.82, 2.24) is 10.7 Å². The fraction of sp³-hybridized carbons (Fsp3) is 0.769. The largest absolute Gasteiger partial charge is 0.356 e. The second-order valence-electron chi connectivity index (χ2n) is 4.41. The van der Waals surface area contributed by atoms with E-state index in [1.807, 2.05) is 13.8 Å². The van der Waals surface area contributed by atoms with Crippen LogP contribution in [0.5, 0.6) is 0 Å². The molecule has 104 valence electrons. The highest BCUT2D eigenvalue weighted by atomic mass is 16.2. The van der Waals surface area contributed by atoms with Crippen LogP contribution < -0.4 is 10.7 Å². The van der Waals surface area contributed by atoms with E-state index in [1.54, 1.807) is 0 Å². The molecule has 0 unspecified atom stereocenters. The van der Waals surface area contributed by atoms with Gasteiger partial charge in [0.05, 0.1) is 0 Å². The van der Waals surface area contributed by atoms with Crippen LogP contribution in [0.2, 0.25) is 0 Å². The van der Waals surface area contributed by atoms with E-state index in [1.165, 1.54) is 0 Å². The van der Waals surface area contributed by atoms with Crippen molar-refractivity contribution >= 4 is 17.5 Å². The molecule has 0 fully saturated rings. The first-order chi connectivity index (χ1) is 8.58. The van der Waals surface area contributed by atoms with E-state index >= 15 is 0 Å². The minimum atomic E-state index is -0.0481. The summed E-state index contributed by atoms with van der Waals surface area (Å²) in [6.45, 7) is 8.82. The highest BCUT2D eigenvalue weighted by Crippen LogP contribution is 2.05. The van der Waals surface area contributed by atoms with Gasteiger partial charge in [-0.3, -0.25) is 9.59 Å². The lowest BCUT2D eigenvalue weighted by Crippen LogP contribution is -2.29. The summed E-state index contributed by atoms with van der Waals surface area (Å²) in [5.74, 6) is 0.469. The Morgan fingerprint density at radius 2 is 2.06 bits per heavy atom. The molecule has 1 rings (SSSR count). The second kappa shape index (κ2) is 9.62. The Hall–Kier alpha value is -1.39. The van der Waals surface area contributed by atoms with Gasteiger partial charge in [0.15, 0.2) is 0 Å². The lowest BCUT2D eigenvalue weighted by atomic mass is 10.1. The zero-order valence-corrected chi connectivity index (χ0v) is 11.9. The standard InChI is InChI=1S/C11H19N3O2.C2H6/c1-8(2)7-12-10(15)5-3-9-4-6-11(16)14-13-9;1-2/h8H,3-7H2,1-2H3,(H,12,15)(H,14,16);1-2H3. The number of nitrogens with one attached hydrogen (secondary N) is 2. The average Bonchev–Trinajstić information content (AvgIpc) is 2.38. The molecule has 0 aromatic heterocycles. The van der Waals surface area contributed by atoms with Crippen molar-refractivity contribution in [2.75, 3.05) is 6.54 Å². The molecular formula is C13H25N3O2. The smallest absolute Gasteiger partial charge is 0.240 e. The van der Waals surface area contributed by atoms with E-state index < -0.39 is 0 Å². The summed E-state index contributed by atoms with van der Waals surface area (Å²) in [5, 5.41) is 6.76. The molecule has 1 heterocycles. The van der Waals surface area contributed by atoms with Gasteiger partial charge in [0, 0.05) is 25.1 Å². The molecule has 1 aliphatic heterocycles. The van der Waals surface area contributed by atoms with Gasteiger partial charge in [-0.05, 0) is 18.8 Å². The van der Waals surface area contributed by atoms with E-state index in [0.29, 0.717) is 38.1 Å². The highest BCUT2D eigenvalue weighted by molar-refractivity contribution is 5.94. The van der Waals surface area contributed by atoms with Gasteiger partial charge in [-0.2, -0.15) is 5.10 Å². The van der Waals surface area contributed by atoms with Crippen LogP contribution in [0.4, 0.5) is 0 Å². The lowest BCUT2D eigenvalue weighted by molar-refractivity contribution is -0.121. The maximum absolute atomic E-state index is 11.4. The third-order valence-electron chi connectivity index (χ3n) is 2.33. The van der Waals surface area contributed by atoms with Crippen molar-refractivity contribution in [1.29, 1.82) is 0 Å². The first-order valence-electron chi connectivity index (χ1n) is 6.69. The molecule has 0 aromatic carbocycles. The van der Waals surface area contributed by atoms with E-state index in [4.69, 9.17) is 0 Å². The molecule has 2 amide bonds. The Balaban J connectivity index is 0.00000137. The summed E-state index contributed by atoms with van der Waals surface area (Å²) in [4.78, 5) is 22.2. The molecule has 18 heavy (non-hydrogen) atoms. The van der Waals surface area contributed by atoms with Crippen molar-refractivity contribution in [2.45, 2.75) is 53.4 Å². The Bertz CT molecular complexity index is 299. The molecule has 0 atom stereocenters. The number of rotatable bonds is 5. The van der Waals surface area contributed by atoms with Gasteiger partial charge in [-0.15, -0.1) is 0 Å². The number of carbonyl (C=O) groups excluding carboxylic acids is 2. The zero-order chi connectivity index (χ0) is 14.0. The number of nitrogens with zero attached hydrogens (tertiary/aromatic N) is 1. The minimum Gasteiger partial charge on any atom is -0.356 e. The predicted octanol–water partition coefficient (Wildman–Crippen LogP) is 1.83. The number of hydrogen-bond donors (Lipinski definition) is 2. The zero-order valence-electron chi connectivity index (χ0n) is 11.9. The molecule has 0 bridgehead atoms. The monoisotopic (exact) mass is 255 g/mol. The maximum Gasteiger partial charge on any atom is 0.240 e. The molecule has 0 aromatic rings.